The van der Waals surface area contributed by atoms with Crippen LogP contribution in [0.2, 0.25) is 0 Å². The van der Waals surface area contributed by atoms with Gasteiger partial charge >= 0.3 is 0 Å². The number of hydrogen-bond donors (Lipinski definition) is 1. The number of fused-ring (bicyclic) bond motifs is 1. The fraction of sp³-hybridized carbons (Fsp3) is 0.238. The summed E-state index contributed by atoms with van der Waals surface area (Å²) in [5, 5.41) is 0. The Hall–Kier alpha value is -3.68. The fourth-order valence-corrected chi connectivity index (χ4v) is 3.38. The number of carbonyl (C=O) groups excluding carboxylic acids is 4. The lowest BCUT2D eigenvalue weighted by atomic mass is 10.0. The molecule has 150 valence electrons. The Morgan fingerprint density at radius 3 is 2.62 bits per heavy atom. The normalized spacial score (nSPS) is 13.9. The Labute approximate surface area is 167 Å². The largest absolute Gasteiger partial charge is 0.459 e. The first kappa shape index (κ1) is 20.1. The third-order valence-corrected chi connectivity index (χ3v) is 4.80. The van der Waals surface area contributed by atoms with E-state index in [0.717, 1.165) is 4.90 Å². The Bertz CT molecular complexity index is 980. The molecule has 0 saturated heterocycles. The zero-order valence-corrected chi connectivity index (χ0v) is 16.0. The zero-order chi connectivity index (χ0) is 21.1. The molecule has 0 saturated carbocycles. The van der Waals surface area contributed by atoms with Gasteiger partial charge in [-0.25, -0.2) is 0 Å². The average Bonchev–Trinajstić information content (AvgIpc) is 3.31. The molecule has 1 aromatic heterocycles. The molecule has 3 rings (SSSR count). The molecule has 1 atom stereocenters. The van der Waals surface area contributed by atoms with Crippen molar-refractivity contribution in [2.75, 3.05) is 7.05 Å². The summed E-state index contributed by atoms with van der Waals surface area (Å²) < 4.78 is 5.12. The molecule has 2 N–H and O–H groups in total. The van der Waals surface area contributed by atoms with Crippen molar-refractivity contribution in [2.24, 2.45) is 5.73 Å². The van der Waals surface area contributed by atoms with Gasteiger partial charge in [-0.05, 0) is 36.6 Å². The number of furan rings is 1. The van der Waals surface area contributed by atoms with Gasteiger partial charge in [0.1, 0.15) is 6.04 Å². The minimum atomic E-state index is -1.06. The second-order valence-corrected chi connectivity index (χ2v) is 6.74. The second kappa shape index (κ2) is 8.14. The van der Waals surface area contributed by atoms with Crippen LogP contribution in [0.4, 0.5) is 0 Å². The quantitative estimate of drug-likeness (QED) is 0.542. The van der Waals surface area contributed by atoms with Gasteiger partial charge in [0.2, 0.25) is 5.91 Å². The van der Waals surface area contributed by atoms with Crippen molar-refractivity contribution in [1.82, 2.24) is 9.80 Å². The molecule has 2 aromatic rings. The topological polar surface area (TPSA) is 114 Å². The van der Waals surface area contributed by atoms with Crippen molar-refractivity contribution < 1.29 is 23.6 Å². The van der Waals surface area contributed by atoms with Crippen LogP contribution in [0.5, 0.6) is 0 Å². The van der Waals surface area contributed by atoms with Crippen LogP contribution < -0.4 is 5.73 Å². The number of allylic oxidation sites excluding steroid dienone is 1. The van der Waals surface area contributed by atoms with Crippen molar-refractivity contribution in [1.29, 1.82) is 0 Å². The molecule has 1 aliphatic rings. The van der Waals surface area contributed by atoms with Gasteiger partial charge in [0.15, 0.2) is 5.76 Å². The molecular weight excluding hydrogens is 374 g/mol. The Morgan fingerprint density at radius 1 is 1.24 bits per heavy atom. The summed E-state index contributed by atoms with van der Waals surface area (Å²) in [5.41, 5.74) is 6.32. The molecule has 0 aliphatic carbocycles. The summed E-state index contributed by atoms with van der Waals surface area (Å²) in [6.45, 7) is 3.68. The van der Waals surface area contributed by atoms with E-state index in [0.29, 0.717) is 12.0 Å². The van der Waals surface area contributed by atoms with E-state index < -0.39 is 23.8 Å². The van der Waals surface area contributed by atoms with Gasteiger partial charge in [-0.2, -0.15) is 0 Å². The van der Waals surface area contributed by atoms with E-state index in [-0.39, 0.29) is 35.8 Å². The maximum absolute atomic E-state index is 13.1. The number of hydrogen-bond acceptors (Lipinski definition) is 5. The summed E-state index contributed by atoms with van der Waals surface area (Å²) in [5.74, 6) is -2.11. The van der Waals surface area contributed by atoms with E-state index >= 15 is 0 Å². The summed E-state index contributed by atoms with van der Waals surface area (Å²) in [4.78, 5) is 52.5. The second-order valence-electron chi connectivity index (χ2n) is 6.74. The van der Waals surface area contributed by atoms with Crippen molar-refractivity contribution in [3.63, 3.8) is 0 Å². The first-order chi connectivity index (χ1) is 13.9. The molecule has 8 heteroatoms. The zero-order valence-electron chi connectivity index (χ0n) is 16.0. The lowest BCUT2D eigenvalue weighted by molar-refractivity contribution is -0.122. The van der Waals surface area contributed by atoms with Crippen LogP contribution in [0.3, 0.4) is 0 Å². The Kier molecular flexibility index (Phi) is 5.63. The average molecular weight is 395 g/mol. The predicted molar refractivity (Wildman–Crippen MR) is 104 cm³/mol. The summed E-state index contributed by atoms with van der Waals surface area (Å²) in [6, 6.07) is 6.92. The maximum atomic E-state index is 13.1. The molecular formula is C21H21N3O5. The van der Waals surface area contributed by atoms with Crippen molar-refractivity contribution in [3.05, 3.63) is 71.7 Å². The number of rotatable bonds is 8. The van der Waals surface area contributed by atoms with Crippen LogP contribution in [0.15, 0.2) is 53.7 Å². The molecule has 0 radical (unpaired) electrons. The van der Waals surface area contributed by atoms with Crippen LogP contribution in [0.1, 0.15) is 49.7 Å². The lowest BCUT2D eigenvalue weighted by Gasteiger charge is -2.23. The SMILES string of the molecule is C=CCCC(C(N)=O)N1C(=O)c2cccc(CN(C)C(=O)c3ccco3)c2C1=O. The smallest absolute Gasteiger partial charge is 0.289 e. The highest BCUT2D eigenvalue weighted by atomic mass is 16.3. The molecule has 1 aromatic carbocycles. The van der Waals surface area contributed by atoms with Crippen LogP contribution in [-0.4, -0.2) is 46.5 Å². The first-order valence-electron chi connectivity index (χ1n) is 9.05. The van der Waals surface area contributed by atoms with Crippen LogP contribution in [-0.2, 0) is 11.3 Å². The molecule has 29 heavy (non-hydrogen) atoms. The number of carbonyl (C=O) groups is 4. The standard InChI is InChI=1S/C21H21N3O5/c1-3-4-9-15(18(22)25)24-19(26)14-8-5-7-13(17(14)21(24)28)12-23(2)20(27)16-10-6-11-29-16/h3,5-8,10-11,15H,1,4,9,12H2,2H3,(H2,22,25). The van der Waals surface area contributed by atoms with Crippen molar-refractivity contribution in [2.45, 2.75) is 25.4 Å². The minimum Gasteiger partial charge on any atom is -0.459 e. The predicted octanol–water partition coefficient (Wildman–Crippen LogP) is 1.97. The molecule has 2 heterocycles. The van der Waals surface area contributed by atoms with E-state index in [4.69, 9.17) is 10.2 Å². The summed E-state index contributed by atoms with van der Waals surface area (Å²) in [6.07, 6.45) is 3.62. The van der Waals surface area contributed by atoms with Gasteiger partial charge in [0, 0.05) is 13.6 Å². The van der Waals surface area contributed by atoms with Gasteiger partial charge in [-0.3, -0.25) is 24.1 Å². The van der Waals surface area contributed by atoms with E-state index in [9.17, 15) is 19.2 Å². The van der Waals surface area contributed by atoms with E-state index in [1.165, 1.54) is 17.2 Å². The number of primary amides is 1. The molecule has 4 amide bonds. The van der Waals surface area contributed by atoms with Gasteiger partial charge in [-0.1, -0.05) is 18.2 Å². The van der Waals surface area contributed by atoms with Gasteiger partial charge in [-0.15, -0.1) is 6.58 Å². The van der Waals surface area contributed by atoms with Crippen LogP contribution >= 0.6 is 0 Å². The lowest BCUT2D eigenvalue weighted by Crippen LogP contribution is -2.47. The monoisotopic (exact) mass is 395 g/mol. The number of amides is 4. The van der Waals surface area contributed by atoms with E-state index in [1.807, 2.05) is 0 Å². The van der Waals surface area contributed by atoms with Crippen LogP contribution in [0.25, 0.3) is 0 Å². The summed E-state index contributed by atoms with van der Waals surface area (Å²) in [7, 11) is 1.57. The number of nitrogens with zero attached hydrogens (tertiary/aromatic N) is 2. The number of imide groups is 1. The highest BCUT2D eigenvalue weighted by Gasteiger charge is 2.43. The molecule has 8 nitrogen and oxygen atoms in total. The van der Waals surface area contributed by atoms with Crippen LogP contribution in [0, 0.1) is 0 Å². The molecule has 0 bridgehead atoms. The molecule has 1 unspecified atom stereocenters. The third-order valence-electron chi connectivity index (χ3n) is 4.80. The van der Waals surface area contributed by atoms with E-state index in [2.05, 4.69) is 6.58 Å². The third kappa shape index (κ3) is 3.69. The van der Waals surface area contributed by atoms with Gasteiger partial charge in [0.05, 0.1) is 17.4 Å². The van der Waals surface area contributed by atoms with Crippen molar-refractivity contribution >= 4 is 23.6 Å². The number of nitrogens with two attached hydrogens (primary N) is 1. The van der Waals surface area contributed by atoms with Gasteiger partial charge in [0.25, 0.3) is 17.7 Å². The molecule has 0 fully saturated rings. The Morgan fingerprint density at radius 2 is 2.00 bits per heavy atom. The fourth-order valence-electron chi connectivity index (χ4n) is 3.38. The maximum Gasteiger partial charge on any atom is 0.289 e. The molecule has 1 aliphatic heterocycles. The summed E-state index contributed by atoms with van der Waals surface area (Å²) >= 11 is 0. The van der Waals surface area contributed by atoms with Gasteiger partial charge < -0.3 is 15.1 Å². The Balaban J connectivity index is 1.91. The highest BCUT2D eigenvalue weighted by Crippen LogP contribution is 2.29. The van der Waals surface area contributed by atoms with Crippen molar-refractivity contribution in [3.8, 4) is 0 Å². The minimum absolute atomic E-state index is 0.0868. The highest BCUT2D eigenvalue weighted by molar-refractivity contribution is 6.23. The number of benzene rings is 1. The first-order valence-corrected chi connectivity index (χ1v) is 9.05. The van der Waals surface area contributed by atoms with E-state index in [1.54, 1.807) is 37.4 Å². The molecule has 0 spiro atoms.